The van der Waals surface area contributed by atoms with Crippen LogP contribution in [0.4, 0.5) is 34.1 Å². The van der Waals surface area contributed by atoms with Crippen molar-refractivity contribution in [3.05, 3.63) is 367 Å². The minimum atomic E-state index is -0.598. The van der Waals surface area contributed by atoms with Crippen molar-refractivity contribution in [3.63, 3.8) is 0 Å². The summed E-state index contributed by atoms with van der Waals surface area (Å²) in [5, 5.41) is 6.50. The molecule has 0 saturated heterocycles. The van der Waals surface area contributed by atoms with Crippen molar-refractivity contribution >= 4 is 144 Å². The summed E-state index contributed by atoms with van der Waals surface area (Å²) in [5.74, 6) is 0. The van der Waals surface area contributed by atoms with Crippen molar-refractivity contribution in [1.29, 1.82) is 0 Å². The third kappa shape index (κ3) is 12.0. The Balaban J connectivity index is 0.980. The zero-order valence-electron chi connectivity index (χ0n) is 80.5. The van der Waals surface area contributed by atoms with Gasteiger partial charge in [-0.1, -0.05) is 304 Å². The lowest BCUT2D eigenvalue weighted by Gasteiger charge is -2.45. The maximum absolute atomic E-state index is 10.5. The van der Waals surface area contributed by atoms with Gasteiger partial charge in [0.15, 0.2) is 0 Å². The molecule has 22 rings (SSSR count). The third-order valence-electron chi connectivity index (χ3n) is 26.3. The van der Waals surface area contributed by atoms with Gasteiger partial charge in [-0.2, -0.15) is 0 Å². The number of nitrogens with zero attached hydrogens (tertiary/aromatic N) is 6. The average Bonchev–Trinajstić information content (AvgIpc) is 1.22. The molecule has 0 amide bonds. The predicted octanol–water partition coefficient (Wildman–Crippen LogP) is 29.6. The van der Waals surface area contributed by atoms with Crippen LogP contribution in [0.25, 0.3) is 143 Å². The van der Waals surface area contributed by atoms with Crippen LogP contribution in [0.15, 0.2) is 340 Å². The van der Waals surface area contributed by atoms with Gasteiger partial charge in [-0.15, -0.1) is 0 Å². The SMILES string of the molecule is [2H]c1c([2H])c([2H])c2c(c1[2H])c1c([2H])c([2H])c([2H])c([2H])c1n2-c1cc2c3c(c1)N(c1cc(-c4ccccc4)cc4c1c1ccccc1n4-c1ccccc1)c1cc(-n4c5ccc(C(C)(C)C)cc5c5cc(C(C)(C)C)ccc54)ccc1B3c1ccc(-n3c4ccc(C(C)(C)C)cc4c4cc(C(C)(C)C)ccc43)cc1N2c1c(-c2ccccc2)cc(C(C)(C)C)cc1-c1ccccc1. The van der Waals surface area contributed by atoms with Crippen molar-refractivity contribution in [2.45, 2.75) is 131 Å². The molecule has 0 saturated carbocycles. The Morgan fingerprint density at radius 3 is 1.05 bits per heavy atom. The second-order valence-electron chi connectivity index (χ2n) is 39.2. The van der Waals surface area contributed by atoms with Crippen LogP contribution in [0, 0.1) is 0 Å². The lowest BCUT2D eigenvalue weighted by Crippen LogP contribution is -2.61. The molecular formula is C116H101BN6. The van der Waals surface area contributed by atoms with Crippen LogP contribution in [0.1, 0.15) is 143 Å². The van der Waals surface area contributed by atoms with E-state index in [4.69, 9.17) is 0 Å². The molecule has 2 aliphatic heterocycles. The van der Waals surface area contributed by atoms with Crippen LogP contribution >= 0.6 is 0 Å². The van der Waals surface area contributed by atoms with E-state index in [9.17, 15) is 11.0 Å². The van der Waals surface area contributed by atoms with Crippen molar-refractivity contribution in [2.75, 3.05) is 9.80 Å². The molecule has 0 atom stereocenters. The molecule has 0 fully saturated rings. The van der Waals surface area contributed by atoms with E-state index in [2.05, 4.69) is 419 Å². The molecule has 598 valence electrons. The van der Waals surface area contributed by atoms with Gasteiger partial charge in [0.25, 0.3) is 6.71 Å². The lowest BCUT2D eigenvalue weighted by atomic mass is 9.33. The van der Waals surface area contributed by atoms with Crippen LogP contribution in [0.3, 0.4) is 0 Å². The highest BCUT2D eigenvalue weighted by Gasteiger charge is 2.47. The summed E-state index contributed by atoms with van der Waals surface area (Å²) in [6, 6.07) is 104. The van der Waals surface area contributed by atoms with Crippen LogP contribution in [0.5, 0.6) is 0 Å². The normalized spacial score (nSPS) is 14.2. The first kappa shape index (κ1) is 67.1. The fourth-order valence-electron chi connectivity index (χ4n) is 19.9. The van der Waals surface area contributed by atoms with Gasteiger partial charge in [0.05, 0.1) is 72.2 Å². The Kier molecular flexibility index (Phi) is 15.0. The van der Waals surface area contributed by atoms with Crippen LogP contribution < -0.4 is 26.2 Å². The van der Waals surface area contributed by atoms with Gasteiger partial charge >= 0.3 is 0 Å². The molecule has 7 heteroatoms. The molecule has 0 bridgehead atoms. The highest BCUT2D eigenvalue weighted by atomic mass is 15.2. The number of hydrogen-bond donors (Lipinski definition) is 0. The summed E-state index contributed by atoms with van der Waals surface area (Å²) in [4.78, 5) is 4.99. The summed E-state index contributed by atoms with van der Waals surface area (Å²) in [6.07, 6.45) is 0. The van der Waals surface area contributed by atoms with Crippen LogP contribution in [0.2, 0.25) is 0 Å². The molecular weight excluding hydrogens is 1490 g/mol. The molecule has 6 nitrogen and oxygen atoms in total. The highest BCUT2D eigenvalue weighted by molar-refractivity contribution is 7.00. The molecule has 16 aromatic carbocycles. The van der Waals surface area contributed by atoms with Gasteiger partial charge in [-0.25, -0.2) is 0 Å². The first-order chi connectivity index (χ1) is 62.5. The molecule has 2 aliphatic rings. The van der Waals surface area contributed by atoms with E-state index >= 15 is 0 Å². The molecule has 0 unspecified atom stereocenters. The molecule has 0 spiro atoms. The Morgan fingerprint density at radius 1 is 0.236 bits per heavy atom. The second-order valence-corrected chi connectivity index (χ2v) is 39.2. The second kappa shape index (κ2) is 27.4. The van der Waals surface area contributed by atoms with E-state index in [-0.39, 0.29) is 48.9 Å². The van der Waals surface area contributed by atoms with Gasteiger partial charge < -0.3 is 28.1 Å². The zero-order chi connectivity index (χ0) is 91.2. The van der Waals surface area contributed by atoms with Gasteiger partial charge in [0, 0.05) is 94.0 Å². The third-order valence-corrected chi connectivity index (χ3v) is 26.3. The highest BCUT2D eigenvalue weighted by Crippen LogP contribution is 2.56. The predicted molar refractivity (Wildman–Crippen MR) is 528 cm³/mol. The van der Waals surface area contributed by atoms with Crippen LogP contribution in [-0.4, -0.2) is 25.0 Å². The topological polar surface area (TPSA) is 26.2 Å². The van der Waals surface area contributed by atoms with E-state index < -0.39 is 55.1 Å². The Labute approximate surface area is 733 Å². The van der Waals surface area contributed by atoms with Gasteiger partial charge in [-0.3, -0.25) is 0 Å². The average molecular weight is 1600 g/mol. The monoisotopic (exact) mass is 1600 g/mol. The largest absolute Gasteiger partial charge is 0.311 e. The first-order valence-electron chi connectivity index (χ1n) is 47.3. The molecule has 4 aromatic heterocycles. The summed E-state index contributed by atoms with van der Waals surface area (Å²) >= 11 is 0. The Hall–Kier alpha value is -13.6. The smallest absolute Gasteiger partial charge is 0.252 e. The molecule has 20 aromatic rings. The van der Waals surface area contributed by atoms with E-state index in [1.54, 1.807) is 4.57 Å². The lowest BCUT2D eigenvalue weighted by molar-refractivity contribution is 0.590. The zero-order valence-corrected chi connectivity index (χ0v) is 72.5. The maximum Gasteiger partial charge on any atom is 0.252 e. The standard InChI is InChI=1S/C116H101BN6/c1-112(2,3)76-48-56-99-90(62-76)91-63-77(113(4,5)6)49-57-100(91)119(99)82-52-54-94-103(68-82)122(106-61-75(72-34-20-16-21-35-72)60-105-109(106)87-44-30-33-47-98(87)118(105)81-40-26-19-27-41-81)107-70-84(121-96-45-31-28-42-85(96)86-43-29-32-46-97(86)121)71-108-110(107)117(94)95-55-53-83(120-101-58-50-78(114(7,8)9)64-92(101)93-65-79(115(10,11)12)51-59-102(93)120)69-104(95)123(108)111-88(73-36-22-17-23-37-73)66-80(116(13,14)15)67-89(111)74-38-24-18-25-39-74/h16-71H,1-15H3/i28D,29D,31D,32D,42D,43D,45D,46D. The van der Waals surface area contributed by atoms with E-state index in [0.29, 0.717) is 5.69 Å². The molecule has 0 aliphatic carbocycles. The number of para-hydroxylation sites is 4. The molecule has 0 N–H and O–H groups in total. The molecule has 123 heavy (non-hydrogen) atoms. The number of hydrogen-bond acceptors (Lipinski definition) is 2. The molecule has 6 heterocycles. The van der Waals surface area contributed by atoms with Crippen molar-refractivity contribution in [3.8, 4) is 56.1 Å². The van der Waals surface area contributed by atoms with Crippen molar-refractivity contribution < 1.29 is 11.0 Å². The molecule has 0 radical (unpaired) electrons. The fourth-order valence-corrected chi connectivity index (χ4v) is 19.9. The number of aromatic nitrogens is 4. The number of benzene rings is 16. The summed E-state index contributed by atoms with van der Waals surface area (Å²) in [6.45, 7) is 33.6. The summed E-state index contributed by atoms with van der Waals surface area (Å²) in [7, 11) is 0. The van der Waals surface area contributed by atoms with Crippen molar-refractivity contribution in [2.24, 2.45) is 0 Å². The summed E-state index contributed by atoms with van der Waals surface area (Å²) < 4.78 is 88.7. The maximum atomic E-state index is 10.5. The van der Waals surface area contributed by atoms with Gasteiger partial charge in [0.2, 0.25) is 0 Å². The number of anilines is 6. The Morgan fingerprint density at radius 2 is 0.602 bits per heavy atom. The van der Waals surface area contributed by atoms with E-state index in [1.807, 2.05) is 0 Å². The van der Waals surface area contributed by atoms with Crippen LogP contribution in [-0.2, 0) is 27.1 Å². The van der Waals surface area contributed by atoms with Gasteiger partial charge in [0.1, 0.15) is 0 Å². The quantitative estimate of drug-likeness (QED) is 0.135. The fraction of sp³-hybridized carbons (Fsp3) is 0.172. The minimum Gasteiger partial charge on any atom is -0.311 e. The van der Waals surface area contributed by atoms with E-state index in [1.165, 1.54) is 22.3 Å². The van der Waals surface area contributed by atoms with Gasteiger partial charge in [-0.05, 0) is 233 Å². The number of rotatable bonds is 9. The van der Waals surface area contributed by atoms with E-state index in [0.717, 1.165) is 172 Å². The number of fused-ring (bicyclic) bond motifs is 16. The summed E-state index contributed by atoms with van der Waals surface area (Å²) in [5.41, 5.74) is 27.9. The first-order valence-corrected chi connectivity index (χ1v) is 43.3. The van der Waals surface area contributed by atoms with Crippen molar-refractivity contribution in [1.82, 2.24) is 18.3 Å². The Bertz CT molecular complexity index is 7990. The minimum absolute atomic E-state index is 0.00636.